The Labute approximate surface area is 208 Å². The van der Waals surface area contributed by atoms with Gasteiger partial charge in [0.2, 0.25) is 15.9 Å². The zero-order valence-corrected chi connectivity index (χ0v) is 21.9. The number of nitrogens with two attached hydrogens (primary N) is 1. The third-order valence-corrected chi connectivity index (χ3v) is 6.99. The van der Waals surface area contributed by atoms with Gasteiger partial charge in [0.1, 0.15) is 0 Å². The molecule has 1 heterocycles. The van der Waals surface area contributed by atoms with Crippen LogP contribution in [0.3, 0.4) is 0 Å². The molecule has 8 nitrogen and oxygen atoms in total. The molecule has 0 bridgehead atoms. The standard InChI is InChI=1S/C22H35N5O3S.HI/c1-2-24-22(25-14-12-17-8-10-20(11-9-17)31(23,29)30)26-19-13-15-27(16-19)21(28)18-6-4-3-5-7-18;/h8-11,18-19H,2-7,12-16H2,1H3,(H2,23,29,30)(H2,24,25,26);1H. The molecule has 1 amide bonds. The van der Waals surface area contributed by atoms with Crippen molar-refractivity contribution in [1.82, 2.24) is 15.5 Å². The Bertz CT molecular complexity index is 870. The van der Waals surface area contributed by atoms with Crippen LogP contribution in [0.25, 0.3) is 0 Å². The van der Waals surface area contributed by atoms with Crippen molar-refractivity contribution in [2.24, 2.45) is 16.0 Å². The van der Waals surface area contributed by atoms with E-state index >= 15 is 0 Å². The van der Waals surface area contributed by atoms with Crippen LogP contribution in [0.5, 0.6) is 0 Å². The zero-order chi connectivity index (χ0) is 22.3. The molecule has 1 aromatic rings. The first kappa shape index (κ1) is 26.8. The van der Waals surface area contributed by atoms with Crippen LogP contribution in [-0.4, -0.2) is 57.4 Å². The molecule has 1 aliphatic carbocycles. The molecule has 10 heteroatoms. The van der Waals surface area contributed by atoms with Crippen molar-refractivity contribution < 1.29 is 13.2 Å². The highest BCUT2D eigenvalue weighted by Crippen LogP contribution is 2.26. The lowest BCUT2D eigenvalue weighted by molar-refractivity contribution is -0.135. The molecule has 1 saturated heterocycles. The highest BCUT2D eigenvalue weighted by Gasteiger charge is 2.31. The van der Waals surface area contributed by atoms with Crippen LogP contribution < -0.4 is 15.8 Å². The second-order valence-corrected chi connectivity index (χ2v) is 10.0. The maximum absolute atomic E-state index is 12.8. The third kappa shape index (κ3) is 7.87. The molecule has 0 spiro atoms. The van der Waals surface area contributed by atoms with Crippen LogP contribution in [-0.2, 0) is 21.2 Å². The molecule has 1 aromatic carbocycles. The maximum atomic E-state index is 12.8. The van der Waals surface area contributed by atoms with E-state index in [2.05, 4.69) is 15.6 Å². The predicted molar refractivity (Wildman–Crippen MR) is 138 cm³/mol. The van der Waals surface area contributed by atoms with Gasteiger partial charge in [0.15, 0.2) is 5.96 Å². The van der Waals surface area contributed by atoms with Gasteiger partial charge < -0.3 is 15.5 Å². The summed E-state index contributed by atoms with van der Waals surface area (Å²) in [5, 5.41) is 11.9. The topological polar surface area (TPSA) is 117 Å². The summed E-state index contributed by atoms with van der Waals surface area (Å²) in [6.07, 6.45) is 7.30. The summed E-state index contributed by atoms with van der Waals surface area (Å²) < 4.78 is 22.7. The molecule has 1 aliphatic heterocycles. The summed E-state index contributed by atoms with van der Waals surface area (Å²) in [5.74, 6) is 1.30. The molecule has 1 saturated carbocycles. The van der Waals surface area contributed by atoms with Gasteiger partial charge in [0.25, 0.3) is 0 Å². The van der Waals surface area contributed by atoms with Crippen molar-refractivity contribution in [2.75, 3.05) is 26.2 Å². The van der Waals surface area contributed by atoms with Crippen molar-refractivity contribution in [1.29, 1.82) is 0 Å². The second kappa shape index (κ2) is 12.7. The number of nitrogens with zero attached hydrogens (tertiary/aromatic N) is 2. The Kier molecular flexibility index (Phi) is 10.7. The molecule has 180 valence electrons. The number of aliphatic imine (C=N–C) groups is 1. The Morgan fingerprint density at radius 1 is 1.16 bits per heavy atom. The average molecular weight is 578 g/mol. The monoisotopic (exact) mass is 577 g/mol. The van der Waals surface area contributed by atoms with Crippen LogP contribution in [0, 0.1) is 5.92 Å². The molecule has 32 heavy (non-hydrogen) atoms. The number of carbonyl (C=O) groups is 1. The van der Waals surface area contributed by atoms with E-state index in [4.69, 9.17) is 5.14 Å². The molecule has 2 aliphatic rings. The van der Waals surface area contributed by atoms with E-state index in [-0.39, 0.29) is 40.8 Å². The molecule has 2 fully saturated rings. The number of carbonyl (C=O) groups excluding carboxylic acids is 1. The number of hydrogen-bond acceptors (Lipinski definition) is 4. The summed E-state index contributed by atoms with van der Waals surface area (Å²) in [6, 6.07) is 6.78. The van der Waals surface area contributed by atoms with Gasteiger partial charge >= 0.3 is 0 Å². The van der Waals surface area contributed by atoms with E-state index in [9.17, 15) is 13.2 Å². The van der Waals surface area contributed by atoms with Crippen molar-refractivity contribution in [3.05, 3.63) is 29.8 Å². The van der Waals surface area contributed by atoms with Gasteiger partial charge in [-0.3, -0.25) is 9.79 Å². The largest absolute Gasteiger partial charge is 0.357 e. The summed E-state index contributed by atoms with van der Waals surface area (Å²) >= 11 is 0. The number of guanidine groups is 1. The maximum Gasteiger partial charge on any atom is 0.238 e. The lowest BCUT2D eigenvalue weighted by Crippen LogP contribution is -2.45. The first-order valence-corrected chi connectivity index (χ1v) is 12.9. The number of halogens is 1. The van der Waals surface area contributed by atoms with Crippen molar-refractivity contribution in [2.45, 2.75) is 62.8 Å². The molecular weight excluding hydrogens is 541 g/mol. The van der Waals surface area contributed by atoms with Crippen molar-refractivity contribution >= 4 is 45.9 Å². The summed E-state index contributed by atoms with van der Waals surface area (Å²) in [4.78, 5) is 19.6. The van der Waals surface area contributed by atoms with E-state index in [1.807, 2.05) is 11.8 Å². The number of likely N-dealkylation sites (tertiary alicyclic amines) is 1. The Hall–Kier alpha value is -1.40. The number of sulfonamides is 1. The van der Waals surface area contributed by atoms with Crippen LogP contribution in [0.15, 0.2) is 34.2 Å². The van der Waals surface area contributed by atoms with E-state index in [1.165, 1.54) is 31.4 Å². The van der Waals surface area contributed by atoms with Gasteiger partial charge in [-0.2, -0.15) is 0 Å². The summed E-state index contributed by atoms with van der Waals surface area (Å²) in [6.45, 7) is 4.89. The Morgan fingerprint density at radius 2 is 1.84 bits per heavy atom. The summed E-state index contributed by atoms with van der Waals surface area (Å²) in [5.41, 5.74) is 0.997. The lowest BCUT2D eigenvalue weighted by Gasteiger charge is -2.26. The van der Waals surface area contributed by atoms with Crippen LogP contribution in [0.4, 0.5) is 0 Å². The fourth-order valence-electron chi connectivity index (χ4n) is 4.34. The SMILES string of the molecule is CCNC(=NCCc1ccc(S(N)(=O)=O)cc1)NC1CCN(C(=O)C2CCCCC2)C1.I. The van der Waals surface area contributed by atoms with Gasteiger partial charge in [0, 0.05) is 38.1 Å². The lowest BCUT2D eigenvalue weighted by atomic mass is 9.88. The van der Waals surface area contributed by atoms with Gasteiger partial charge in [-0.25, -0.2) is 13.6 Å². The highest BCUT2D eigenvalue weighted by molar-refractivity contribution is 14.0. The number of benzene rings is 1. The van der Waals surface area contributed by atoms with Gasteiger partial charge in [0.05, 0.1) is 4.90 Å². The van der Waals surface area contributed by atoms with Gasteiger partial charge in [-0.05, 0) is 50.3 Å². The number of rotatable bonds is 7. The van der Waals surface area contributed by atoms with Crippen molar-refractivity contribution in [3.63, 3.8) is 0 Å². The molecule has 3 rings (SSSR count). The molecule has 1 unspecified atom stereocenters. The number of nitrogens with one attached hydrogen (secondary N) is 2. The van der Waals surface area contributed by atoms with E-state index in [0.717, 1.165) is 50.4 Å². The van der Waals surface area contributed by atoms with E-state index in [1.54, 1.807) is 12.1 Å². The molecular formula is C22H36IN5O3S. The fraction of sp³-hybridized carbons (Fsp3) is 0.636. The van der Waals surface area contributed by atoms with Gasteiger partial charge in [-0.15, -0.1) is 24.0 Å². The highest BCUT2D eigenvalue weighted by atomic mass is 127. The average Bonchev–Trinajstić information content (AvgIpc) is 3.22. The van der Waals surface area contributed by atoms with Crippen LogP contribution >= 0.6 is 24.0 Å². The molecule has 4 N–H and O–H groups in total. The normalized spacial score (nSPS) is 20.0. The second-order valence-electron chi connectivity index (χ2n) is 8.45. The quantitative estimate of drug-likeness (QED) is 0.261. The fourth-order valence-corrected chi connectivity index (χ4v) is 4.86. The third-order valence-electron chi connectivity index (χ3n) is 6.06. The molecule has 0 aromatic heterocycles. The smallest absolute Gasteiger partial charge is 0.238 e. The first-order chi connectivity index (χ1) is 14.9. The van der Waals surface area contributed by atoms with E-state index < -0.39 is 10.0 Å². The zero-order valence-electron chi connectivity index (χ0n) is 18.8. The minimum Gasteiger partial charge on any atom is -0.357 e. The van der Waals surface area contributed by atoms with Crippen LogP contribution in [0.1, 0.15) is 51.0 Å². The Morgan fingerprint density at radius 3 is 2.47 bits per heavy atom. The Balaban J connectivity index is 0.00000363. The summed E-state index contributed by atoms with van der Waals surface area (Å²) in [7, 11) is -3.67. The molecule has 1 atom stereocenters. The number of primary sulfonamides is 1. The first-order valence-electron chi connectivity index (χ1n) is 11.3. The van der Waals surface area contributed by atoms with E-state index in [0.29, 0.717) is 18.9 Å². The minimum atomic E-state index is -3.67. The predicted octanol–water partition coefficient (Wildman–Crippen LogP) is 2.23. The minimum absolute atomic E-state index is 0. The number of hydrogen-bond donors (Lipinski definition) is 3. The number of amides is 1. The van der Waals surface area contributed by atoms with Crippen LogP contribution in [0.2, 0.25) is 0 Å². The molecule has 0 radical (unpaired) electrons. The van der Waals surface area contributed by atoms with Crippen molar-refractivity contribution in [3.8, 4) is 0 Å². The van der Waals surface area contributed by atoms with Gasteiger partial charge in [-0.1, -0.05) is 31.4 Å².